The Morgan fingerprint density at radius 1 is 1.37 bits per heavy atom. The van der Waals surface area contributed by atoms with Gasteiger partial charge in [-0.3, -0.25) is 10.1 Å². The molecule has 1 heterocycles. The molecule has 1 aromatic carbocycles. The molecule has 2 atom stereocenters. The summed E-state index contributed by atoms with van der Waals surface area (Å²) in [6.07, 6.45) is 1.13. The van der Waals surface area contributed by atoms with Crippen molar-refractivity contribution < 1.29 is 9.66 Å². The highest BCUT2D eigenvalue weighted by Gasteiger charge is 2.22. The number of nitro benzene ring substituents is 1. The summed E-state index contributed by atoms with van der Waals surface area (Å²) in [7, 11) is 0. The number of benzene rings is 1. The fourth-order valence-corrected chi connectivity index (χ4v) is 2.30. The molecule has 5 nitrogen and oxygen atoms in total. The fourth-order valence-electron chi connectivity index (χ4n) is 2.30. The second kappa shape index (κ2) is 6.12. The molecule has 19 heavy (non-hydrogen) atoms. The average Bonchev–Trinajstić information content (AvgIpc) is 2.64. The molecule has 5 heteroatoms. The number of non-ortho nitro benzene ring substituents is 1. The summed E-state index contributed by atoms with van der Waals surface area (Å²) in [5.74, 6) is 0.489. The minimum atomic E-state index is -0.373. The summed E-state index contributed by atoms with van der Waals surface area (Å²) < 4.78 is 5.81. The molecule has 0 aromatic heterocycles. The maximum absolute atomic E-state index is 10.6. The van der Waals surface area contributed by atoms with Crippen LogP contribution in [0.3, 0.4) is 0 Å². The molecular formula is C14H20N2O3. The number of hydrogen-bond donors (Lipinski definition) is 1. The first-order valence-corrected chi connectivity index (χ1v) is 6.67. The minimum absolute atomic E-state index is 0.133. The van der Waals surface area contributed by atoms with Crippen molar-refractivity contribution in [2.24, 2.45) is 5.92 Å². The van der Waals surface area contributed by atoms with E-state index < -0.39 is 0 Å². The Hall–Kier alpha value is -1.46. The Balaban J connectivity index is 2.03. The molecular weight excluding hydrogens is 244 g/mol. The molecule has 0 saturated carbocycles. The van der Waals surface area contributed by atoms with Gasteiger partial charge in [-0.2, -0.15) is 0 Å². The van der Waals surface area contributed by atoms with Crippen LogP contribution in [0.15, 0.2) is 24.3 Å². The Kier molecular flexibility index (Phi) is 4.50. The second-order valence-electron chi connectivity index (χ2n) is 5.25. The van der Waals surface area contributed by atoms with E-state index in [0.29, 0.717) is 5.92 Å². The zero-order valence-corrected chi connectivity index (χ0v) is 11.3. The van der Waals surface area contributed by atoms with Crippen molar-refractivity contribution in [3.8, 4) is 0 Å². The lowest BCUT2D eigenvalue weighted by Crippen LogP contribution is -2.31. The molecule has 2 rings (SSSR count). The van der Waals surface area contributed by atoms with Gasteiger partial charge in [-0.1, -0.05) is 26.0 Å². The van der Waals surface area contributed by atoms with Gasteiger partial charge in [0.15, 0.2) is 0 Å². The van der Waals surface area contributed by atoms with Gasteiger partial charge in [0.25, 0.3) is 5.69 Å². The summed E-state index contributed by atoms with van der Waals surface area (Å²) in [6.45, 7) is 5.84. The number of ether oxygens (including phenoxy) is 1. The molecule has 1 saturated heterocycles. The molecule has 1 fully saturated rings. The molecule has 0 spiro atoms. The van der Waals surface area contributed by atoms with Gasteiger partial charge < -0.3 is 10.1 Å². The Morgan fingerprint density at radius 2 is 2.05 bits per heavy atom. The molecule has 1 aliphatic heterocycles. The quantitative estimate of drug-likeness (QED) is 0.673. The summed E-state index contributed by atoms with van der Waals surface area (Å²) in [5, 5.41) is 14.1. The van der Waals surface area contributed by atoms with E-state index in [1.54, 1.807) is 12.1 Å². The Labute approximate surface area is 113 Å². The molecule has 0 bridgehead atoms. The first-order valence-electron chi connectivity index (χ1n) is 6.67. The minimum Gasteiger partial charge on any atom is -0.377 e. The lowest BCUT2D eigenvalue weighted by molar-refractivity contribution is -0.384. The maximum Gasteiger partial charge on any atom is 0.269 e. The lowest BCUT2D eigenvalue weighted by atomic mass is 10.0. The van der Waals surface area contributed by atoms with Crippen LogP contribution in [0.5, 0.6) is 0 Å². The Morgan fingerprint density at radius 3 is 2.63 bits per heavy atom. The Bertz CT molecular complexity index is 431. The van der Waals surface area contributed by atoms with E-state index in [4.69, 9.17) is 4.74 Å². The van der Waals surface area contributed by atoms with Crippen LogP contribution in [0.1, 0.15) is 31.9 Å². The predicted octanol–water partition coefficient (Wildman–Crippen LogP) is 2.67. The number of rotatable bonds is 3. The zero-order valence-electron chi connectivity index (χ0n) is 11.3. The molecule has 1 aromatic rings. The van der Waals surface area contributed by atoms with Gasteiger partial charge in [0.1, 0.15) is 0 Å². The largest absolute Gasteiger partial charge is 0.377 e. The molecule has 1 aliphatic rings. The van der Waals surface area contributed by atoms with Gasteiger partial charge >= 0.3 is 0 Å². The van der Waals surface area contributed by atoms with Gasteiger partial charge in [0.05, 0.1) is 11.0 Å². The van der Waals surface area contributed by atoms with Crippen molar-refractivity contribution >= 4 is 5.69 Å². The van der Waals surface area contributed by atoms with Crippen LogP contribution in [0.25, 0.3) is 0 Å². The van der Waals surface area contributed by atoms with Crippen LogP contribution >= 0.6 is 0 Å². The first kappa shape index (κ1) is 14.0. The molecule has 0 amide bonds. The predicted molar refractivity (Wildman–Crippen MR) is 73.0 cm³/mol. The van der Waals surface area contributed by atoms with E-state index >= 15 is 0 Å². The number of nitrogens with one attached hydrogen (secondary N) is 1. The number of nitro groups is 1. The summed E-state index contributed by atoms with van der Waals surface area (Å²) in [5.41, 5.74) is 1.22. The van der Waals surface area contributed by atoms with Gasteiger partial charge in [0.2, 0.25) is 0 Å². The maximum atomic E-state index is 10.6. The van der Waals surface area contributed by atoms with Crippen LogP contribution in [0.2, 0.25) is 0 Å². The van der Waals surface area contributed by atoms with Crippen LogP contribution in [-0.4, -0.2) is 24.2 Å². The topological polar surface area (TPSA) is 64.4 Å². The van der Waals surface area contributed by atoms with Crippen molar-refractivity contribution in [2.75, 3.05) is 13.2 Å². The molecule has 0 aliphatic carbocycles. The van der Waals surface area contributed by atoms with Gasteiger partial charge in [-0.25, -0.2) is 0 Å². The van der Waals surface area contributed by atoms with E-state index in [0.717, 1.165) is 25.1 Å². The van der Waals surface area contributed by atoms with E-state index in [1.807, 2.05) is 12.1 Å². The van der Waals surface area contributed by atoms with Crippen LogP contribution in [0, 0.1) is 16.0 Å². The van der Waals surface area contributed by atoms with E-state index in [2.05, 4.69) is 19.2 Å². The summed E-state index contributed by atoms with van der Waals surface area (Å²) in [6, 6.07) is 6.98. The van der Waals surface area contributed by atoms with E-state index in [9.17, 15) is 10.1 Å². The van der Waals surface area contributed by atoms with E-state index in [-0.39, 0.29) is 22.8 Å². The average molecular weight is 264 g/mol. The van der Waals surface area contributed by atoms with Crippen LogP contribution in [-0.2, 0) is 4.74 Å². The number of hydrogen-bond acceptors (Lipinski definition) is 4. The lowest BCUT2D eigenvalue weighted by Gasteiger charge is -2.19. The summed E-state index contributed by atoms with van der Waals surface area (Å²) >= 11 is 0. The number of nitrogens with zero attached hydrogens (tertiary/aromatic N) is 1. The SMILES string of the molecule is CC(C)C1CNC(c2ccc([N+](=O)[O-])cc2)CCO1. The smallest absolute Gasteiger partial charge is 0.269 e. The third kappa shape index (κ3) is 3.52. The normalized spacial score (nSPS) is 24.2. The molecule has 2 unspecified atom stereocenters. The van der Waals surface area contributed by atoms with Crippen molar-refractivity contribution in [3.63, 3.8) is 0 Å². The first-order chi connectivity index (χ1) is 9.08. The van der Waals surface area contributed by atoms with Crippen molar-refractivity contribution in [1.29, 1.82) is 0 Å². The third-order valence-electron chi connectivity index (χ3n) is 3.55. The second-order valence-corrected chi connectivity index (χ2v) is 5.25. The van der Waals surface area contributed by atoms with Gasteiger partial charge in [0, 0.05) is 31.3 Å². The van der Waals surface area contributed by atoms with Crippen molar-refractivity contribution in [2.45, 2.75) is 32.4 Å². The van der Waals surface area contributed by atoms with Gasteiger partial charge in [-0.05, 0) is 17.9 Å². The highest BCUT2D eigenvalue weighted by atomic mass is 16.6. The van der Waals surface area contributed by atoms with Gasteiger partial charge in [-0.15, -0.1) is 0 Å². The monoisotopic (exact) mass is 264 g/mol. The summed E-state index contributed by atoms with van der Waals surface area (Å²) in [4.78, 5) is 10.3. The van der Waals surface area contributed by atoms with Crippen molar-refractivity contribution in [3.05, 3.63) is 39.9 Å². The fraction of sp³-hybridized carbons (Fsp3) is 0.571. The van der Waals surface area contributed by atoms with E-state index in [1.165, 1.54) is 0 Å². The molecule has 0 radical (unpaired) electrons. The highest BCUT2D eigenvalue weighted by Crippen LogP contribution is 2.23. The zero-order chi connectivity index (χ0) is 13.8. The van der Waals surface area contributed by atoms with Crippen LogP contribution in [0.4, 0.5) is 5.69 Å². The molecule has 104 valence electrons. The highest BCUT2D eigenvalue weighted by molar-refractivity contribution is 5.34. The van der Waals surface area contributed by atoms with Crippen molar-refractivity contribution in [1.82, 2.24) is 5.32 Å². The standard InChI is InChI=1S/C14H20N2O3/c1-10(2)14-9-15-13(7-8-19-14)11-3-5-12(6-4-11)16(17)18/h3-6,10,13-15H,7-9H2,1-2H3. The van der Waals surface area contributed by atoms with Crippen LogP contribution < -0.4 is 5.32 Å². The molecule has 1 N–H and O–H groups in total. The third-order valence-corrected chi connectivity index (χ3v) is 3.55.